The van der Waals surface area contributed by atoms with E-state index >= 15 is 0 Å². The van der Waals surface area contributed by atoms with Gasteiger partial charge in [0.25, 0.3) is 5.91 Å². The van der Waals surface area contributed by atoms with Crippen molar-refractivity contribution in [1.82, 2.24) is 5.32 Å². The van der Waals surface area contributed by atoms with Gasteiger partial charge in [0.15, 0.2) is 11.5 Å². The summed E-state index contributed by atoms with van der Waals surface area (Å²) in [6.45, 7) is 0. The number of nitrogens with one attached hydrogen (secondary N) is 1. The van der Waals surface area contributed by atoms with Crippen LogP contribution in [-0.2, 0) is 0 Å². The fraction of sp³-hybridized carbons (Fsp3) is 0.133. The molecule has 0 radical (unpaired) electrons. The Morgan fingerprint density at radius 2 is 1.41 bits per heavy atom. The van der Waals surface area contributed by atoms with E-state index in [0.717, 1.165) is 0 Å². The molecule has 22 heavy (non-hydrogen) atoms. The highest BCUT2D eigenvalue weighted by Gasteiger charge is 2.65. The molecule has 0 saturated carbocycles. The van der Waals surface area contributed by atoms with E-state index in [-0.39, 0.29) is 17.1 Å². The van der Waals surface area contributed by atoms with Crippen LogP contribution in [0.1, 0.15) is 10.4 Å². The molecule has 1 aliphatic rings. The number of carbonyl (C=O) groups excluding carboxylic acids is 1. The van der Waals surface area contributed by atoms with E-state index in [2.05, 4.69) is 0 Å². The van der Waals surface area contributed by atoms with Crippen LogP contribution in [0.2, 0.25) is 0 Å². The van der Waals surface area contributed by atoms with Crippen LogP contribution in [0.25, 0.3) is 0 Å². The second kappa shape index (κ2) is 4.94. The van der Waals surface area contributed by atoms with Crippen LogP contribution in [0, 0.1) is 0 Å². The molecule has 7 heteroatoms. The van der Waals surface area contributed by atoms with Gasteiger partial charge in [0.05, 0.1) is 0 Å². The van der Waals surface area contributed by atoms with E-state index in [1.54, 1.807) is 23.5 Å². The molecule has 0 bridgehead atoms. The average molecular weight is 309 g/mol. The largest absolute Gasteiger partial charge is 0.492 e. The van der Waals surface area contributed by atoms with Gasteiger partial charge in [-0.15, -0.1) is 0 Å². The number of hydrogen-bond acceptors (Lipinski definition) is 3. The first-order valence-electron chi connectivity index (χ1n) is 6.33. The van der Waals surface area contributed by atoms with E-state index in [1.807, 2.05) is 0 Å². The van der Waals surface area contributed by atoms with Crippen molar-refractivity contribution in [2.45, 2.75) is 12.1 Å². The molecule has 0 saturated heterocycles. The predicted molar refractivity (Wildman–Crippen MR) is 70.4 cm³/mol. The summed E-state index contributed by atoms with van der Waals surface area (Å²) in [5.74, 6) is -4.36. The number of halogens is 3. The van der Waals surface area contributed by atoms with Gasteiger partial charge >= 0.3 is 12.1 Å². The standard InChI is InChI=1S/C15H10F3NO3/c16-14(17,18)15(19-13(20)10-6-2-1-3-7-10)21-11-8-4-5-9-12(11)22-15/h1-9H,(H,19,20). The molecule has 2 aromatic carbocycles. The number of benzene rings is 2. The van der Waals surface area contributed by atoms with Crippen molar-refractivity contribution in [1.29, 1.82) is 0 Å². The molecular weight excluding hydrogens is 299 g/mol. The molecule has 0 aromatic heterocycles. The topological polar surface area (TPSA) is 47.6 Å². The molecular formula is C15H10F3NO3. The molecule has 1 heterocycles. The van der Waals surface area contributed by atoms with Gasteiger partial charge in [0, 0.05) is 5.56 Å². The maximum Gasteiger partial charge on any atom is 0.492 e. The van der Waals surface area contributed by atoms with Crippen LogP contribution in [0.15, 0.2) is 54.6 Å². The molecule has 0 aliphatic carbocycles. The van der Waals surface area contributed by atoms with Crippen LogP contribution in [0.4, 0.5) is 13.2 Å². The Morgan fingerprint density at radius 3 is 1.91 bits per heavy atom. The maximum atomic E-state index is 13.4. The Morgan fingerprint density at radius 1 is 0.909 bits per heavy atom. The van der Waals surface area contributed by atoms with Crippen LogP contribution in [0.3, 0.4) is 0 Å². The van der Waals surface area contributed by atoms with Crippen molar-refractivity contribution in [3.05, 3.63) is 60.2 Å². The first-order chi connectivity index (χ1) is 10.4. The van der Waals surface area contributed by atoms with Gasteiger partial charge in [-0.3, -0.25) is 10.1 Å². The second-order valence-electron chi connectivity index (χ2n) is 4.59. The van der Waals surface area contributed by atoms with Gasteiger partial charge in [-0.2, -0.15) is 13.2 Å². The van der Waals surface area contributed by atoms with Crippen molar-refractivity contribution in [2.75, 3.05) is 0 Å². The van der Waals surface area contributed by atoms with Crippen molar-refractivity contribution in [2.24, 2.45) is 0 Å². The third-order valence-corrected chi connectivity index (χ3v) is 3.04. The van der Waals surface area contributed by atoms with Gasteiger partial charge in [0.1, 0.15) is 0 Å². The van der Waals surface area contributed by atoms with Gasteiger partial charge < -0.3 is 9.47 Å². The van der Waals surface area contributed by atoms with Crippen molar-refractivity contribution >= 4 is 5.91 Å². The third-order valence-electron chi connectivity index (χ3n) is 3.04. The van der Waals surface area contributed by atoms with Crippen LogP contribution >= 0.6 is 0 Å². The Hall–Kier alpha value is -2.70. The first-order valence-corrected chi connectivity index (χ1v) is 6.33. The number of carbonyl (C=O) groups is 1. The fourth-order valence-corrected chi connectivity index (χ4v) is 2.00. The third kappa shape index (κ3) is 2.34. The Balaban J connectivity index is 1.92. The van der Waals surface area contributed by atoms with Crippen LogP contribution in [0.5, 0.6) is 11.5 Å². The molecule has 3 rings (SSSR count). The minimum atomic E-state index is -4.96. The highest BCUT2D eigenvalue weighted by Crippen LogP contribution is 2.44. The summed E-state index contributed by atoms with van der Waals surface area (Å²) in [7, 11) is 0. The molecule has 1 N–H and O–H groups in total. The normalized spacial score (nSPS) is 15.4. The van der Waals surface area contributed by atoms with E-state index in [9.17, 15) is 18.0 Å². The van der Waals surface area contributed by atoms with Crippen molar-refractivity contribution < 1.29 is 27.4 Å². The molecule has 1 aliphatic heterocycles. The lowest BCUT2D eigenvalue weighted by Crippen LogP contribution is -2.64. The molecule has 0 spiro atoms. The zero-order valence-electron chi connectivity index (χ0n) is 11.1. The molecule has 114 valence electrons. The summed E-state index contributed by atoms with van der Waals surface area (Å²) in [6.07, 6.45) is -4.96. The summed E-state index contributed by atoms with van der Waals surface area (Å²) in [5.41, 5.74) is 0.0641. The molecule has 1 amide bonds. The first kappa shape index (κ1) is 14.2. The molecule has 2 aromatic rings. The summed E-state index contributed by atoms with van der Waals surface area (Å²) in [5, 5.41) is 1.79. The lowest BCUT2D eigenvalue weighted by atomic mass is 10.2. The fourth-order valence-electron chi connectivity index (χ4n) is 2.00. The van der Waals surface area contributed by atoms with Crippen LogP contribution in [-0.4, -0.2) is 18.0 Å². The highest BCUT2D eigenvalue weighted by atomic mass is 19.4. The van der Waals surface area contributed by atoms with E-state index in [1.165, 1.54) is 36.4 Å². The number of amides is 1. The Kier molecular flexibility index (Phi) is 3.20. The lowest BCUT2D eigenvalue weighted by molar-refractivity contribution is -0.317. The zero-order chi connectivity index (χ0) is 15.8. The summed E-state index contributed by atoms with van der Waals surface area (Å²) >= 11 is 0. The Labute approximate surface area is 123 Å². The molecule has 0 atom stereocenters. The second-order valence-corrected chi connectivity index (χ2v) is 4.59. The number of para-hydroxylation sites is 2. The zero-order valence-corrected chi connectivity index (χ0v) is 11.1. The number of alkyl halides is 3. The van der Waals surface area contributed by atoms with Gasteiger partial charge in [-0.25, -0.2) is 0 Å². The van der Waals surface area contributed by atoms with E-state index in [4.69, 9.17) is 9.47 Å². The summed E-state index contributed by atoms with van der Waals surface area (Å²) in [6, 6.07) is 13.2. The molecule has 4 nitrogen and oxygen atoms in total. The number of fused-ring (bicyclic) bond motifs is 1. The maximum absolute atomic E-state index is 13.4. The molecule has 0 unspecified atom stereocenters. The lowest BCUT2D eigenvalue weighted by Gasteiger charge is -2.29. The SMILES string of the molecule is O=C(NC1(C(F)(F)F)Oc2ccccc2O1)c1ccccc1. The minimum Gasteiger partial charge on any atom is -0.424 e. The van der Waals surface area contributed by atoms with Crippen molar-refractivity contribution in [3.63, 3.8) is 0 Å². The monoisotopic (exact) mass is 309 g/mol. The number of rotatable bonds is 2. The van der Waals surface area contributed by atoms with E-state index in [0.29, 0.717) is 0 Å². The smallest absolute Gasteiger partial charge is 0.424 e. The number of hydrogen-bond donors (Lipinski definition) is 1. The van der Waals surface area contributed by atoms with E-state index < -0.39 is 18.0 Å². The summed E-state index contributed by atoms with van der Waals surface area (Å²) < 4.78 is 49.9. The van der Waals surface area contributed by atoms with Crippen LogP contribution < -0.4 is 14.8 Å². The predicted octanol–water partition coefficient (Wildman–Crippen LogP) is 3.10. The highest BCUT2D eigenvalue weighted by molar-refractivity contribution is 5.94. The summed E-state index contributed by atoms with van der Waals surface area (Å²) in [4.78, 5) is 12.0. The van der Waals surface area contributed by atoms with Gasteiger partial charge in [-0.05, 0) is 24.3 Å². The Bertz CT molecular complexity index is 676. The number of ether oxygens (including phenoxy) is 2. The van der Waals surface area contributed by atoms with Gasteiger partial charge in [-0.1, -0.05) is 30.3 Å². The average Bonchev–Trinajstić information content (AvgIpc) is 2.87. The molecule has 0 fully saturated rings. The van der Waals surface area contributed by atoms with Gasteiger partial charge in [0.2, 0.25) is 0 Å². The van der Waals surface area contributed by atoms with Crippen molar-refractivity contribution in [3.8, 4) is 11.5 Å². The quantitative estimate of drug-likeness (QED) is 0.927. The minimum absolute atomic E-state index is 0.0641.